The lowest BCUT2D eigenvalue weighted by Crippen LogP contribution is -2.49. The van der Waals surface area contributed by atoms with Crippen LogP contribution in [0, 0.1) is 5.41 Å². The molecule has 116 valence electrons. The Bertz CT molecular complexity index is 509. The number of nitrogens with one attached hydrogen (secondary N) is 1. The summed E-state index contributed by atoms with van der Waals surface area (Å²) >= 11 is 0. The molecule has 0 aromatic heterocycles. The molecule has 0 aliphatic carbocycles. The summed E-state index contributed by atoms with van der Waals surface area (Å²) in [7, 11) is 0. The minimum atomic E-state index is -2.94. The number of carbonyl (C=O) groups excluding carboxylic acids is 1. The predicted octanol–water partition coefficient (Wildman–Crippen LogP) is 2.52. The Hall–Kier alpha value is -2.18. The van der Waals surface area contributed by atoms with Crippen LogP contribution < -0.4 is 10.1 Å². The fourth-order valence-corrected chi connectivity index (χ4v) is 1.65. The average molecular weight is 301 g/mol. The molecule has 2 N–H and O–H groups in total. The largest absolute Gasteiger partial charge is 0.480 e. The van der Waals surface area contributed by atoms with E-state index in [-0.39, 0.29) is 11.3 Å². The molecule has 0 fully saturated rings. The summed E-state index contributed by atoms with van der Waals surface area (Å²) in [6.45, 7) is 2.12. The third-order valence-corrected chi connectivity index (χ3v) is 2.73. The van der Waals surface area contributed by atoms with E-state index < -0.39 is 29.9 Å². The van der Waals surface area contributed by atoms with Gasteiger partial charge in [-0.05, 0) is 29.7 Å². The number of rotatable bonds is 5. The zero-order valence-electron chi connectivity index (χ0n) is 11.9. The van der Waals surface area contributed by atoms with E-state index >= 15 is 0 Å². The van der Waals surface area contributed by atoms with Crippen LogP contribution >= 0.6 is 0 Å². The number of ether oxygens (including phenoxy) is 1. The summed E-state index contributed by atoms with van der Waals surface area (Å²) < 4.78 is 28.2. The third kappa shape index (κ3) is 5.02. The van der Waals surface area contributed by atoms with E-state index in [0.717, 1.165) is 0 Å². The van der Waals surface area contributed by atoms with Gasteiger partial charge in [0.05, 0.1) is 0 Å². The van der Waals surface area contributed by atoms with Gasteiger partial charge in [-0.1, -0.05) is 20.8 Å². The summed E-state index contributed by atoms with van der Waals surface area (Å²) in [5.41, 5.74) is -0.507. The van der Waals surface area contributed by atoms with E-state index in [1.165, 1.54) is 24.3 Å². The number of benzene rings is 1. The summed E-state index contributed by atoms with van der Waals surface area (Å²) in [6.07, 6.45) is 0. The second kappa shape index (κ2) is 6.51. The molecule has 1 aromatic rings. The molecule has 0 radical (unpaired) electrons. The standard InChI is InChI=1S/C14H17F2NO4/c1-14(2,3)10(12(19)20)17-11(18)8-4-6-9(7-5-8)21-13(15)16/h4-7,10,13H,1-3H3,(H,17,18)(H,19,20). The second-order valence-electron chi connectivity index (χ2n) is 5.51. The molecule has 1 rings (SSSR count). The fraction of sp³-hybridized carbons (Fsp3) is 0.429. The van der Waals surface area contributed by atoms with E-state index in [9.17, 15) is 18.4 Å². The molecule has 1 atom stereocenters. The van der Waals surface area contributed by atoms with Crippen molar-refractivity contribution in [1.82, 2.24) is 5.32 Å². The van der Waals surface area contributed by atoms with Crippen molar-refractivity contribution in [1.29, 1.82) is 0 Å². The molecule has 1 amide bonds. The first-order chi connectivity index (χ1) is 9.61. The van der Waals surface area contributed by atoms with Gasteiger partial charge in [0.15, 0.2) is 0 Å². The molecule has 0 aliphatic heterocycles. The quantitative estimate of drug-likeness (QED) is 0.876. The number of amides is 1. The van der Waals surface area contributed by atoms with Crippen molar-refractivity contribution in [3.63, 3.8) is 0 Å². The summed E-state index contributed by atoms with van der Waals surface area (Å²) in [5, 5.41) is 11.5. The minimum absolute atomic E-state index is 0.0767. The van der Waals surface area contributed by atoms with Crippen LogP contribution in [0.1, 0.15) is 31.1 Å². The Morgan fingerprint density at radius 3 is 2.10 bits per heavy atom. The van der Waals surface area contributed by atoms with Crippen molar-refractivity contribution in [2.24, 2.45) is 5.41 Å². The van der Waals surface area contributed by atoms with Gasteiger partial charge in [-0.3, -0.25) is 4.79 Å². The number of hydrogen-bond donors (Lipinski definition) is 2. The SMILES string of the molecule is CC(C)(C)C(NC(=O)c1ccc(OC(F)F)cc1)C(=O)O. The first-order valence-electron chi connectivity index (χ1n) is 6.20. The van der Waals surface area contributed by atoms with Crippen LogP contribution in [0.15, 0.2) is 24.3 Å². The molecular weight excluding hydrogens is 284 g/mol. The molecule has 0 bridgehead atoms. The molecule has 0 heterocycles. The van der Waals surface area contributed by atoms with Crippen LogP contribution in [-0.2, 0) is 4.79 Å². The maximum Gasteiger partial charge on any atom is 0.387 e. The number of carboxylic acids is 1. The van der Waals surface area contributed by atoms with E-state index in [1.807, 2.05) is 0 Å². The fourth-order valence-electron chi connectivity index (χ4n) is 1.65. The Balaban J connectivity index is 2.81. The van der Waals surface area contributed by atoms with Gasteiger partial charge in [-0.15, -0.1) is 0 Å². The van der Waals surface area contributed by atoms with Crippen molar-refractivity contribution in [3.05, 3.63) is 29.8 Å². The Labute approximate surface area is 120 Å². The van der Waals surface area contributed by atoms with Crippen LogP contribution in [0.25, 0.3) is 0 Å². The first-order valence-corrected chi connectivity index (χ1v) is 6.20. The lowest BCUT2D eigenvalue weighted by atomic mass is 9.86. The number of aliphatic carboxylic acids is 1. The van der Waals surface area contributed by atoms with Crippen LogP contribution in [0.2, 0.25) is 0 Å². The highest BCUT2D eigenvalue weighted by Gasteiger charge is 2.32. The van der Waals surface area contributed by atoms with Gasteiger partial charge in [0.2, 0.25) is 0 Å². The molecule has 0 aliphatic rings. The minimum Gasteiger partial charge on any atom is -0.480 e. The zero-order chi connectivity index (χ0) is 16.2. The zero-order valence-corrected chi connectivity index (χ0v) is 11.9. The smallest absolute Gasteiger partial charge is 0.387 e. The van der Waals surface area contributed by atoms with Gasteiger partial charge in [-0.25, -0.2) is 4.79 Å². The van der Waals surface area contributed by atoms with Crippen molar-refractivity contribution < 1.29 is 28.2 Å². The van der Waals surface area contributed by atoms with E-state index in [4.69, 9.17) is 5.11 Å². The van der Waals surface area contributed by atoms with Crippen molar-refractivity contribution in [3.8, 4) is 5.75 Å². The first kappa shape index (κ1) is 16.9. The topological polar surface area (TPSA) is 75.6 Å². The van der Waals surface area contributed by atoms with Crippen LogP contribution in [0.3, 0.4) is 0 Å². The molecule has 0 saturated heterocycles. The van der Waals surface area contributed by atoms with Gasteiger partial charge in [0.1, 0.15) is 11.8 Å². The van der Waals surface area contributed by atoms with Gasteiger partial charge in [0.25, 0.3) is 5.91 Å². The highest BCUT2D eigenvalue weighted by molar-refractivity contribution is 5.96. The summed E-state index contributed by atoms with van der Waals surface area (Å²) in [6, 6.07) is 3.94. The maximum absolute atomic E-state index is 12.0. The van der Waals surface area contributed by atoms with Crippen molar-refractivity contribution >= 4 is 11.9 Å². The Kier molecular flexibility index (Phi) is 5.23. The van der Waals surface area contributed by atoms with Crippen LogP contribution in [0.5, 0.6) is 5.75 Å². The number of hydrogen-bond acceptors (Lipinski definition) is 3. The molecule has 21 heavy (non-hydrogen) atoms. The van der Waals surface area contributed by atoms with Gasteiger partial charge in [-0.2, -0.15) is 8.78 Å². The lowest BCUT2D eigenvalue weighted by molar-refractivity contribution is -0.142. The molecule has 1 unspecified atom stereocenters. The summed E-state index contributed by atoms with van der Waals surface area (Å²) in [4.78, 5) is 23.1. The van der Waals surface area contributed by atoms with Gasteiger partial charge >= 0.3 is 12.6 Å². The molecule has 5 nitrogen and oxygen atoms in total. The normalized spacial score (nSPS) is 12.9. The van der Waals surface area contributed by atoms with E-state index in [0.29, 0.717) is 0 Å². The van der Waals surface area contributed by atoms with Crippen molar-refractivity contribution in [2.45, 2.75) is 33.4 Å². The Morgan fingerprint density at radius 2 is 1.71 bits per heavy atom. The molecule has 0 saturated carbocycles. The molecular formula is C14H17F2NO4. The van der Waals surface area contributed by atoms with Gasteiger partial charge in [0, 0.05) is 5.56 Å². The van der Waals surface area contributed by atoms with Gasteiger partial charge < -0.3 is 15.2 Å². The third-order valence-electron chi connectivity index (χ3n) is 2.73. The highest BCUT2D eigenvalue weighted by Crippen LogP contribution is 2.20. The molecule has 1 aromatic carbocycles. The number of carbonyl (C=O) groups is 2. The second-order valence-corrected chi connectivity index (χ2v) is 5.51. The molecule has 0 spiro atoms. The Morgan fingerprint density at radius 1 is 1.19 bits per heavy atom. The molecule has 7 heteroatoms. The number of halogens is 2. The van der Waals surface area contributed by atoms with Crippen LogP contribution in [0.4, 0.5) is 8.78 Å². The van der Waals surface area contributed by atoms with E-state index in [2.05, 4.69) is 10.1 Å². The predicted molar refractivity (Wildman–Crippen MR) is 71.4 cm³/mol. The number of alkyl halides is 2. The maximum atomic E-state index is 12.0. The van der Waals surface area contributed by atoms with Crippen molar-refractivity contribution in [2.75, 3.05) is 0 Å². The monoisotopic (exact) mass is 301 g/mol. The summed E-state index contributed by atoms with van der Waals surface area (Å²) in [5.74, 6) is -1.82. The highest BCUT2D eigenvalue weighted by atomic mass is 19.3. The van der Waals surface area contributed by atoms with E-state index in [1.54, 1.807) is 20.8 Å². The lowest BCUT2D eigenvalue weighted by Gasteiger charge is -2.27. The average Bonchev–Trinajstić information content (AvgIpc) is 2.34. The number of carboxylic acid groups (broad SMARTS) is 1. The van der Waals surface area contributed by atoms with Crippen LogP contribution in [-0.4, -0.2) is 29.6 Å².